The molecule has 2 aromatic rings. The molecule has 5 heteroatoms. The van der Waals surface area contributed by atoms with E-state index in [1.807, 2.05) is 6.07 Å². The molecule has 1 saturated heterocycles. The minimum absolute atomic E-state index is 0.177. The van der Waals surface area contributed by atoms with Crippen molar-refractivity contribution in [3.05, 3.63) is 57.6 Å². The minimum Gasteiger partial charge on any atom is -0.493 e. The second kappa shape index (κ2) is 8.21. The van der Waals surface area contributed by atoms with Crippen LogP contribution in [0.25, 0.3) is 0 Å². The average Bonchev–Trinajstić information content (AvgIpc) is 2.64. The summed E-state index contributed by atoms with van der Waals surface area (Å²) in [7, 11) is 3.35. The smallest absolute Gasteiger partial charge is 0.161 e. The van der Waals surface area contributed by atoms with Crippen molar-refractivity contribution in [1.82, 2.24) is 10.2 Å². The Bertz CT molecular complexity index is 730. The Hall–Kier alpha value is -1.56. The zero-order chi connectivity index (χ0) is 17.8. The van der Waals surface area contributed by atoms with Gasteiger partial charge >= 0.3 is 0 Å². The molecule has 134 valence electrons. The van der Waals surface area contributed by atoms with Gasteiger partial charge < -0.3 is 14.8 Å². The van der Waals surface area contributed by atoms with Crippen LogP contribution in [-0.2, 0) is 0 Å². The fourth-order valence-electron chi connectivity index (χ4n) is 3.45. The van der Waals surface area contributed by atoms with Crippen molar-refractivity contribution in [3.63, 3.8) is 0 Å². The van der Waals surface area contributed by atoms with Gasteiger partial charge in [-0.05, 0) is 30.2 Å². The third-order valence-corrected chi connectivity index (χ3v) is 5.36. The number of aryl methyl sites for hydroxylation is 1. The van der Waals surface area contributed by atoms with Crippen LogP contribution >= 0.6 is 15.9 Å². The SMILES string of the molecule is COc1cc(Br)c(C(c2cccc(C)c2)N2CCNCC2)cc1OC. The van der Waals surface area contributed by atoms with E-state index in [2.05, 4.69) is 63.4 Å². The minimum atomic E-state index is 0.177. The van der Waals surface area contributed by atoms with Crippen LogP contribution in [-0.4, -0.2) is 45.3 Å². The molecule has 0 amide bonds. The summed E-state index contributed by atoms with van der Waals surface area (Å²) in [5.74, 6) is 1.50. The lowest BCUT2D eigenvalue weighted by atomic mass is 9.95. The van der Waals surface area contributed by atoms with E-state index in [0.29, 0.717) is 0 Å². The Morgan fingerprint density at radius 3 is 2.36 bits per heavy atom. The zero-order valence-electron chi connectivity index (χ0n) is 15.0. The number of ether oxygens (including phenoxy) is 2. The lowest BCUT2D eigenvalue weighted by Crippen LogP contribution is -2.45. The number of benzene rings is 2. The van der Waals surface area contributed by atoms with E-state index in [4.69, 9.17) is 9.47 Å². The van der Waals surface area contributed by atoms with Crippen molar-refractivity contribution in [2.45, 2.75) is 13.0 Å². The highest BCUT2D eigenvalue weighted by Gasteiger charge is 2.27. The maximum absolute atomic E-state index is 5.55. The fourth-order valence-corrected chi connectivity index (χ4v) is 3.99. The first-order valence-electron chi connectivity index (χ1n) is 8.56. The van der Waals surface area contributed by atoms with Gasteiger partial charge in [-0.25, -0.2) is 0 Å². The van der Waals surface area contributed by atoms with Crippen LogP contribution in [0.2, 0.25) is 0 Å². The van der Waals surface area contributed by atoms with Crippen molar-refractivity contribution < 1.29 is 9.47 Å². The van der Waals surface area contributed by atoms with Gasteiger partial charge in [0.15, 0.2) is 11.5 Å². The van der Waals surface area contributed by atoms with Gasteiger partial charge in [-0.2, -0.15) is 0 Å². The topological polar surface area (TPSA) is 33.7 Å². The Kier molecular flexibility index (Phi) is 5.99. The number of piperazine rings is 1. The third-order valence-electron chi connectivity index (χ3n) is 4.67. The van der Waals surface area contributed by atoms with Gasteiger partial charge in [-0.3, -0.25) is 4.90 Å². The molecule has 1 aliphatic rings. The predicted molar refractivity (Wildman–Crippen MR) is 105 cm³/mol. The lowest BCUT2D eigenvalue weighted by molar-refractivity contribution is 0.197. The highest BCUT2D eigenvalue weighted by atomic mass is 79.9. The standard InChI is InChI=1S/C20H25BrN2O2/c1-14-5-4-6-15(11-14)20(23-9-7-22-8-10-23)16-12-18(24-2)19(25-3)13-17(16)21/h4-6,11-13,20,22H,7-10H2,1-3H3. The van der Waals surface area contributed by atoms with Crippen molar-refractivity contribution in [1.29, 1.82) is 0 Å². The Labute approximate surface area is 158 Å². The van der Waals surface area contributed by atoms with Crippen LogP contribution in [0.5, 0.6) is 11.5 Å². The van der Waals surface area contributed by atoms with E-state index >= 15 is 0 Å². The van der Waals surface area contributed by atoms with Gasteiger partial charge in [0.2, 0.25) is 0 Å². The maximum atomic E-state index is 5.55. The summed E-state index contributed by atoms with van der Waals surface area (Å²) in [6.45, 7) is 6.18. The third kappa shape index (κ3) is 4.00. The van der Waals surface area contributed by atoms with E-state index in [0.717, 1.165) is 42.2 Å². The number of nitrogens with one attached hydrogen (secondary N) is 1. The van der Waals surface area contributed by atoms with Crippen molar-refractivity contribution in [3.8, 4) is 11.5 Å². The number of nitrogens with zero attached hydrogens (tertiary/aromatic N) is 1. The highest BCUT2D eigenvalue weighted by Crippen LogP contribution is 2.40. The molecule has 0 aromatic heterocycles. The molecule has 3 rings (SSSR count). The van der Waals surface area contributed by atoms with Gasteiger partial charge in [-0.15, -0.1) is 0 Å². The second-order valence-corrected chi connectivity index (χ2v) is 7.19. The van der Waals surface area contributed by atoms with E-state index in [1.54, 1.807) is 14.2 Å². The van der Waals surface area contributed by atoms with Crippen LogP contribution in [0.3, 0.4) is 0 Å². The monoisotopic (exact) mass is 404 g/mol. The predicted octanol–water partition coefficient (Wildman–Crippen LogP) is 3.77. The molecule has 1 unspecified atom stereocenters. The quantitative estimate of drug-likeness (QED) is 0.821. The first-order valence-corrected chi connectivity index (χ1v) is 9.36. The van der Waals surface area contributed by atoms with Gasteiger partial charge in [0, 0.05) is 30.7 Å². The number of halogens is 1. The van der Waals surface area contributed by atoms with Crippen molar-refractivity contribution >= 4 is 15.9 Å². The molecular weight excluding hydrogens is 380 g/mol. The molecule has 1 N–H and O–H groups in total. The molecule has 0 radical (unpaired) electrons. The summed E-state index contributed by atoms with van der Waals surface area (Å²) in [4.78, 5) is 2.53. The van der Waals surface area contributed by atoms with Gasteiger partial charge in [0.1, 0.15) is 0 Å². The van der Waals surface area contributed by atoms with Gasteiger partial charge in [0.25, 0.3) is 0 Å². The molecule has 1 fully saturated rings. The molecule has 25 heavy (non-hydrogen) atoms. The molecule has 1 heterocycles. The average molecular weight is 405 g/mol. The van der Waals surface area contributed by atoms with Crippen LogP contribution in [0, 0.1) is 6.92 Å². The lowest BCUT2D eigenvalue weighted by Gasteiger charge is -2.36. The zero-order valence-corrected chi connectivity index (χ0v) is 16.6. The van der Waals surface area contributed by atoms with E-state index in [9.17, 15) is 0 Å². The van der Waals surface area contributed by atoms with Crippen LogP contribution < -0.4 is 14.8 Å². The largest absolute Gasteiger partial charge is 0.493 e. The molecule has 0 bridgehead atoms. The Balaban J connectivity index is 2.11. The summed E-state index contributed by atoms with van der Waals surface area (Å²) in [6, 6.07) is 13.0. The van der Waals surface area contributed by atoms with Crippen LogP contribution in [0.4, 0.5) is 0 Å². The van der Waals surface area contributed by atoms with Crippen LogP contribution in [0.1, 0.15) is 22.7 Å². The summed E-state index contributed by atoms with van der Waals surface area (Å²) in [5.41, 5.74) is 3.77. The number of hydrogen-bond donors (Lipinski definition) is 1. The number of hydrogen-bond acceptors (Lipinski definition) is 4. The molecule has 2 aromatic carbocycles. The number of rotatable bonds is 5. The van der Waals surface area contributed by atoms with E-state index in [-0.39, 0.29) is 6.04 Å². The van der Waals surface area contributed by atoms with E-state index in [1.165, 1.54) is 16.7 Å². The number of methoxy groups -OCH3 is 2. The molecular formula is C20H25BrN2O2. The molecule has 0 aliphatic carbocycles. The summed E-state index contributed by atoms with van der Waals surface area (Å²) in [6.07, 6.45) is 0. The fraction of sp³-hybridized carbons (Fsp3) is 0.400. The van der Waals surface area contributed by atoms with E-state index < -0.39 is 0 Å². The van der Waals surface area contributed by atoms with Crippen molar-refractivity contribution in [2.75, 3.05) is 40.4 Å². The summed E-state index contributed by atoms with van der Waals surface area (Å²) < 4.78 is 12.0. The Morgan fingerprint density at radius 2 is 1.72 bits per heavy atom. The van der Waals surface area contributed by atoms with Gasteiger partial charge in [-0.1, -0.05) is 45.8 Å². The van der Waals surface area contributed by atoms with Crippen LogP contribution in [0.15, 0.2) is 40.9 Å². The summed E-state index contributed by atoms with van der Waals surface area (Å²) in [5, 5.41) is 3.44. The highest BCUT2D eigenvalue weighted by molar-refractivity contribution is 9.10. The molecule has 4 nitrogen and oxygen atoms in total. The maximum Gasteiger partial charge on any atom is 0.161 e. The normalized spacial score (nSPS) is 16.5. The Morgan fingerprint density at radius 1 is 1.04 bits per heavy atom. The second-order valence-electron chi connectivity index (χ2n) is 6.33. The molecule has 1 atom stereocenters. The first-order chi connectivity index (χ1) is 12.1. The van der Waals surface area contributed by atoms with Crippen molar-refractivity contribution in [2.24, 2.45) is 0 Å². The van der Waals surface area contributed by atoms with Gasteiger partial charge in [0.05, 0.1) is 20.3 Å². The summed E-state index contributed by atoms with van der Waals surface area (Å²) >= 11 is 3.76. The molecule has 0 spiro atoms. The first kappa shape index (κ1) is 18.2. The molecule has 0 saturated carbocycles. The molecule has 1 aliphatic heterocycles.